The lowest BCUT2D eigenvalue weighted by molar-refractivity contribution is 0.339. The number of para-hydroxylation sites is 1. The predicted molar refractivity (Wildman–Crippen MR) is 104 cm³/mol. The van der Waals surface area contributed by atoms with Gasteiger partial charge in [0, 0.05) is 11.1 Å². The Morgan fingerprint density at radius 2 is 2.00 bits per heavy atom. The average Bonchev–Trinajstić information content (AvgIpc) is 3.18. The Hall–Kier alpha value is -2.99. The van der Waals surface area contributed by atoms with Gasteiger partial charge in [0.15, 0.2) is 5.82 Å². The van der Waals surface area contributed by atoms with Crippen LogP contribution in [0.1, 0.15) is 18.1 Å². The van der Waals surface area contributed by atoms with E-state index >= 15 is 0 Å². The highest BCUT2D eigenvalue weighted by atomic mass is 32.1. The third kappa shape index (κ3) is 2.88. The van der Waals surface area contributed by atoms with Gasteiger partial charge in [-0.2, -0.15) is 0 Å². The number of benzene rings is 2. The first kappa shape index (κ1) is 16.5. The van der Waals surface area contributed by atoms with Crippen molar-refractivity contribution in [2.45, 2.75) is 13.8 Å². The maximum Gasteiger partial charge on any atom is 0.276 e. The fourth-order valence-electron chi connectivity index (χ4n) is 2.86. The molecular formula is C20H17N3O2S. The lowest BCUT2D eigenvalue weighted by Gasteiger charge is -2.05. The molecule has 0 N–H and O–H groups in total. The Morgan fingerprint density at radius 1 is 1.15 bits per heavy atom. The Balaban J connectivity index is 1.89. The van der Waals surface area contributed by atoms with Crippen LogP contribution in [0.5, 0.6) is 5.75 Å². The Kier molecular flexibility index (Phi) is 4.26. The number of thiazole rings is 1. The second-order valence-corrected chi connectivity index (χ2v) is 6.91. The third-order valence-corrected chi connectivity index (χ3v) is 4.99. The van der Waals surface area contributed by atoms with Gasteiger partial charge < -0.3 is 4.74 Å². The number of hydrogen-bond acceptors (Lipinski definition) is 5. The second kappa shape index (κ2) is 6.72. The Morgan fingerprint density at radius 3 is 2.81 bits per heavy atom. The van der Waals surface area contributed by atoms with E-state index in [0.717, 1.165) is 22.4 Å². The standard InChI is InChI=1S/C20H17N3O2S/c1-3-25-16-10-5-4-8-14(16)12-17-19(24)23-18(21-22-20(23)26-17)15-9-6-7-13(2)11-15/h4-12H,3H2,1-2H3/b17-12-. The van der Waals surface area contributed by atoms with Crippen molar-refractivity contribution in [3.63, 3.8) is 0 Å². The highest BCUT2D eigenvalue weighted by molar-refractivity contribution is 7.15. The largest absolute Gasteiger partial charge is 0.493 e. The van der Waals surface area contributed by atoms with Gasteiger partial charge in [0.2, 0.25) is 4.96 Å². The van der Waals surface area contributed by atoms with E-state index in [0.29, 0.717) is 21.9 Å². The molecule has 2 heterocycles. The summed E-state index contributed by atoms with van der Waals surface area (Å²) in [4.78, 5) is 13.6. The van der Waals surface area contributed by atoms with E-state index in [2.05, 4.69) is 10.2 Å². The van der Waals surface area contributed by atoms with Crippen LogP contribution in [0.3, 0.4) is 0 Å². The number of aryl methyl sites for hydroxylation is 1. The smallest absolute Gasteiger partial charge is 0.276 e. The Bertz CT molecular complexity index is 1190. The summed E-state index contributed by atoms with van der Waals surface area (Å²) in [5, 5.41) is 8.39. The van der Waals surface area contributed by atoms with Crippen LogP contribution in [-0.2, 0) is 0 Å². The molecule has 0 unspecified atom stereocenters. The molecule has 0 amide bonds. The van der Waals surface area contributed by atoms with Crippen LogP contribution >= 0.6 is 11.3 Å². The Labute approximate surface area is 154 Å². The van der Waals surface area contributed by atoms with E-state index in [9.17, 15) is 4.79 Å². The van der Waals surface area contributed by atoms with Crippen molar-refractivity contribution in [1.82, 2.24) is 14.6 Å². The summed E-state index contributed by atoms with van der Waals surface area (Å²) >= 11 is 1.33. The summed E-state index contributed by atoms with van der Waals surface area (Å²) in [5.74, 6) is 1.33. The molecular weight excluding hydrogens is 346 g/mol. The van der Waals surface area contributed by atoms with Crippen molar-refractivity contribution in [1.29, 1.82) is 0 Å². The summed E-state index contributed by atoms with van der Waals surface area (Å²) in [5.41, 5.74) is 2.76. The van der Waals surface area contributed by atoms with Crippen LogP contribution in [0.15, 0.2) is 53.3 Å². The lowest BCUT2D eigenvalue weighted by Crippen LogP contribution is -2.23. The molecule has 0 fully saturated rings. The maximum atomic E-state index is 13.0. The van der Waals surface area contributed by atoms with Gasteiger partial charge in [-0.3, -0.25) is 4.79 Å². The molecule has 0 atom stereocenters. The highest BCUT2D eigenvalue weighted by Crippen LogP contribution is 2.20. The molecule has 0 aliphatic heterocycles. The van der Waals surface area contributed by atoms with Crippen LogP contribution in [0.4, 0.5) is 0 Å². The maximum absolute atomic E-state index is 13.0. The van der Waals surface area contributed by atoms with Gasteiger partial charge in [-0.05, 0) is 32.1 Å². The monoisotopic (exact) mass is 363 g/mol. The molecule has 6 heteroatoms. The minimum atomic E-state index is -0.113. The van der Waals surface area contributed by atoms with Gasteiger partial charge >= 0.3 is 0 Å². The topological polar surface area (TPSA) is 56.5 Å². The fraction of sp³-hybridized carbons (Fsp3) is 0.150. The molecule has 0 saturated carbocycles. The van der Waals surface area contributed by atoms with Crippen LogP contribution in [0.2, 0.25) is 0 Å². The van der Waals surface area contributed by atoms with Crippen molar-refractivity contribution < 1.29 is 4.74 Å². The quantitative estimate of drug-likeness (QED) is 0.559. The molecule has 0 saturated heterocycles. The molecule has 4 rings (SSSR count). The van der Waals surface area contributed by atoms with Crippen LogP contribution in [-0.4, -0.2) is 21.2 Å². The van der Waals surface area contributed by atoms with Crippen molar-refractivity contribution in [3.05, 3.63) is 74.5 Å². The average molecular weight is 363 g/mol. The van der Waals surface area contributed by atoms with Crippen molar-refractivity contribution >= 4 is 22.4 Å². The first-order chi connectivity index (χ1) is 12.7. The summed E-state index contributed by atoms with van der Waals surface area (Å²) in [6.45, 7) is 4.52. The lowest BCUT2D eigenvalue weighted by atomic mass is 10.1. The van der Waals surface area contributed by atoms with E-state index in [1.165, 1.54) is 11.3 Å². The van der Waals surface area contributed by atoms with Crippen molar-refractivity contribution in [2.24, 2.45) is 0 Å². The van der Waals surface area contributed by atoms with Crippen LogP contribution in [0, 0.1) is 6.92 Å². The van der Waals surface area contributed by atoms with Crippen molar-refractivity contribution in [2.75, 3.05) is 6.61 Å². The van der Waals surface area contributed by atoms with Gasteiger partial charge in [-0.15, -0.1) is 10.2 Å². The minimum Gasteiger partial charge on any atom is -0.493 e. The molecule has 26 heavy (non-hydrogen) atoms. The molecule has 0 spiro atoms. The SMILES string of the molecule is CCOc1ccccc1/C=c1\sc2nnc(-c3cccc(C)c3)n2c1=O. The number of hydrogen-bond donors (Lipinski definition) is 0. The van der Waals surface area contributed by atoms with Gasteiger partial charge in [0.05, 0.1) is 11.1 Å². The number of aromatic nitrogens is 3. The highest BCUT2D eigenvalue weighted by Gasteiger charge is 2.14. The van der Waals surface area contributed by atoms with E-state index in [-0.39, 0.29) is 5.56 Å². The first-order valence-electron chi connectivity index (χ1n) is 8.36. The normalized spacial score (nSPS) is 12.0. The molecule has 0 aliphatic rings. The second-order valence-electron chi connectivity index (χ2n) is 5.90. The first-order valence-corrected chi connectivity index (χ1v) is 9.17. The van der Waals surface area contributed by atoms with Gasteiger partial charge in [0.25, 0.3) is 5.56 Å². The summed E-state index contributed by atoms with van der Waals surface area (Å²) in [6.07, 6.45) is 1.85. The zero-order chi connectivity index (χ0) is 18.1. The summed E-state index contributed by atoms with van der Waals surface area (Å²) in [6, 6.07) is 15.6. The number of nitrogens with zero attached hydrogens (tertiary/aromatic N) is 3. The molecule has 0 radical (unpaired) electrons. The van der Waals surface area contributed by atoms with Crippen molar-refractivity contribution in [3.8, 4) is 17.1 Å². The fourth-order valence-corrected chi connectivity index (χ4v) is 3.77. The molecule has 2 aromatic carbocycles. The van der Waals surface area contributed by atoms with E-state index in [1.54, 1.807) is 4.40 Å². The molecule has 2 aromatic heterocycles. The molecule has 5 nitrogen and oxygen atoms in total. The predicted octanol–water partition coefficient (Wildman–Crippen LogP) is 3.07. The van der Waals surface area contributed by atoms with Gasteiger partial charge in [0.1, 0.15) is 5.75 Å². The van der Waals surface area contributed by atoms with E-state index in [4.69, 9.17) is 4.74 Å². The number of rotatable bonds is 4. The number of fused-ring (bicyclic) bond motifs is 1. The minimum absolute atomic E-state index is 0.113. The van der Waals surface area contributed by atoms with E-state index < -0.39 is 0 Å². The molecule has 0 aliphatic carbocycles. The van der Waals surface area contributed by atoms with E-state index in [1.807, 2.05) is 68.5 Å². The van der Waals surface area contributed by atoms with Crippen LogP contribution < -0.4 is 14.8 Å². The molecule has 0 bridgehead atoms. The zero-order valence-corrected chi connectivity index (χ0v) is 15.3. The van der Waals surface area contributed by atoms with Gasteiger partial charge in [-0.1, -0.05) is 53.3 Å². The molecule has 130 valence electrons. The molecule has 4 aromatic rings. The summed E-state index contributed by atoms with van der Waals surface area (Å²) in [7, 11) is 0. The summed E-state index contributed by atoms with van der Waals surface area (Å²) < 4.78 is 7.83. The van der Waals surface area contributed by atoms with Crippen LogP contribution in [0.25, 0.3) is 22.4 Å². The number of ether oxygens (including phenoxy) is 1. The third-order valence-electron chi connectivity index (χ3n) is 4.03. The zero-order valence-electron chi connectivity index (χ0n) is 14.5. The van der Waals surface area contributed by atoms with Gasteiger partial charge in [-0.25, -0.2) is 4.40 Å².